The molecule has 2 aromatic rings. The van der Waals surface area contributed by atoms with E-state index in [9.17, 15) is 4.79 Å². The maximum Gasteiger partial charge on any atom is 0.407 e. The second-order valence-electron chi connectivity index (χ2n) is 4.86. The molecule has 0 heterocycles. The van der Waals surface area contributed by atoms with Gasteiger partial charge in [-0.2, -0.15) is 0 Å². The average Bonchev–Trinajstić information content (AvgIpc) is 2.55. The van der Waals surface area contributed by atoms with Crippen molar-refractivity contribution >= 4 is 6.09 Å². The number of rotatable bonds is 7. The molecular formula is C18H21NO4. The lowest BCUT2D eigenvalue weighted by atomic mass is 10.2. The Morgan fingerprint density at radius 2 is 1.83 bits per heavy atom. The second kappa shape index (κ2) is 8.68. The van der Waals surface area contributed by atoms with Crippen LogP contribution in [0.15, 0.2) is 48.5 Å². The first-order valence-electron chi connectivity index (χ1n) is 7.56. The molecule has 0 fully saturated rings. The van der Waals surface area contributed by atoms with Crippen LogP contribution in [0.5, 0.6) is 17.2 Å². The van der Waals surface area contributed by atoms with Gasteiger partial charge in [0.1, 0.15) is 30.5 Å². The zero-order chi connectivity index (χ0) is 16.5. The first-order chi connectivity index (χ1) is 11.2. The van der Waals surface area contributed by atoms with Crippen molar-refractivity contribution in [2.45, 2.75) is 13.8 Å². The fourth-order valence-electron chi connectivity index (χ4n) is 1.93. The van der Waals surface area contributed by atoms with Crippen LogP contribution in [0.25, 0.3) is 0 Å². The van der Waals surface area contributed by atoms with Crippen LogP contribution < -0.4 is 14.8 Å². The van der Waals surface area contributed by atoms with Crippen LogP contribution in [0.4, 0.5) is 4.79 Å². The third-order valence-corrected chi connectivity index (χ3v) is 3.02. The van der Waals surface area contributed by atoms with Crippen LogP contribution in [-0.4, -0.2) is 25.9 Å². The summed E-state index contributed by atoms with van der Waals surface area (Å²) in [6.45, 7) is 4.83. The number of hydrogen-bond acceptors (Lipinski definition) is 4. The molecule has 0 saturated heterocycles. The fraction of sp³-hybridized carbons (Fsp3) is 0.278. The van der Waals surface area contributed by atoms with E-state index < -0.39 is 6.09 Å². The van der Waals surface area contributed by atoms with E-state index in [-0.39, 0.29) is 6.61 Å². The van der Waals surface area contributed by atoms with Crippen LogP contribution in [-0.2, 0) is 4.74 Å². The van der Waals surface area contributed by atoms with Crippen molar-refractivity contribution < 1.29 is 19.0 Å². The number of ether oxygens (including phenoxy) is 3. The predicted molar refractivity (Wildman–Crippen MR) is 88.2 cm³/mol. The molecule has 2 aromatic carbocycles. The van der Waals surface area contributed by atoms with Crippen molar-refractivity contribution in [1.29, 1.82) is 0 Å². The van der Waals surface area contributed by atoms with Gasteiger partial charge in [-0.1, -0.05) is 18.2 Å². The Hall–Kier alpha value is -2.69. The number of carbonyl (C=O) groups is 1. The number of para-hydroxylation sites is 1. The molecule has 5 nitrogen and oxygen atoms in total. The lowest BCUT2D eigenvalue weighted by Crippen LogP contribution is -2.25. The molecule has 0 aromatic heterocycles. The summed E-state index contributed by atoms with van der Waals surface area (Å²) in [6, 6.07) is 15.2. The standard InChI is InChI=1S/C18H21NO4/c1-3-19-18(20)22-12-11-21-16-9-10-17(14(2)13-16)23-15-7-5-4-6-8-15/h4-10,13H,3,11-12H2,1-2H3,(H,19,20). The van der Waals surface area contributed by atoms with E-state index in [1.165, 1.54) is 0 Å². The Balaban J connectivity index is 1.83. The summed E-state index contributed by atoms with van der Waals surface area (Å²) in [5, 5.41) is 2.55. The Morgan fingerprint density at radius 1 is 1.04 bits per heavy atom. The molecule has 2 rings (SSSR count). The minimum atomic E-state index is -0.432. The molecule has 23 heavy (non-hydrogen) atoms. The summed E-state index contributed by atoms with van der Waals surface area (Å²) in [6.07, 6.45) is -0.432. The predicted octanol–water partition coefficient (Wildman–Crippen LogP) is 3.91. The quantitative estimate of drug-likeness (QED) is 0.787. The normalized spacial score (nSPS) is 10.0. The molecule has 0 saturated carbocycles. The number of nitrogens with one attached hydrogen (secondary N) is 1. The first kappa shape index (κ1) is 16.7. The van der Waals surface area contributed by atoms with E-state index >= 15 is 0 Å². The van der Waals surface area contributed by atoms with Gasteiger partial charge in [0.2, 0.25) is 0 Å². The Morgan fingerprint density at radius 3 is 2.52 bits per heavy atom. The summed E-state index contributed by atoms with van der Waals surface area (Å²) >= 11 is 0. The van der Waals surface area contributed by atoms with Gasteiger partial charge in [-0.3, -0.25) is 0 Å². The zero-order valence-electron chi connectivity index (χ0n) is 13.4. The molecular weight excluding hydrogens is 294 g/mol. The van der Waals surface area contributed by atoms with Crippen LogP contribution in [0.2, 0.25) is 0 Å². The molecule has 1 amide bonds. The first-order valence-corrected chi connectivity index (χ1v) is 7.56. The van der Waals surface area contributed by atoms with Crippen LogP contribution in [0.3, 0.4) is 0 Å². The maximum absolute atomic E-state index is 11.1. The number of benzene rings is 2. The molecule has 1 N–H and O–H groups in total. The molecule has 122 valence electrons. The molecule has 0 aliphatic carbocycles. The molecule has 0 radical (unpaired) electrons. The van der Waals surface area contributed by atoms with Gasteiger partial charge in [0.25, 0.3) is 0 Å². The maximum atomic E-state index is 11.1. The third kappa shape index (κ3) is 5.54. The lowest BCUT2D eigenvalue weighted by molar-refractivity contribution is 0.125. The molecule has 0 atom stereocenters. The monoisotopic (exact) mass is 315 g/mol. The molecule has 0 aliphatic heterocycles. The minimum Gasteiger partial charge on any atom is -0.490 e. The van der Waals surface area contributed by atoms with Gasteiger partial charge in [0.05, 0.1) is 0 Å². The summed E-state index contributed by atoms with van der Waals surface area (Å²) in [5.74, 6) is 2.28. The highest BCUT2D eigenvalue weighted by molar-refractivity contribution is 5.66. The fourth-order valence-corrected chi connectivity index (χ4v) is 1.93. The van der Waals surface area contributed by atoms with Gasteiger partial charge < -0.3 is 19.5 Å². The summed E-state index contributed by atoms with van der Waals surface area (Å²) in [7, 11) is 0. The van der Waals surface area contributed by atoms with Gasteiger partial charge in [-0.15, -0.1) is 0 Å². The summed E-state index contributed by atoms with van der Waals surface area (Å²) < 4.78 is 16.3. The van der Waals surface area contributed by atoms with Gasteiger partial charge in [-0.05, 0) is 49.7 Å². The highest BCUT2D eigenvalue weighted by Crippen LogP contribution is 2.27. The Bertz CT molecular complexity index is 628. The SMILES string of the molecule is CCNC(=O)OCCOc1ccc(Oc2ccccc2)c(C)c1. The average molecular weight is 315 g/mol. The topological polar surface area (TPSA) is 56.8 Å². The van der Waals surface area contributed by atoms with Crippen molar-refractivity contribution in [3.8, 4) is 17.2 Å². The Kier molecular flexibility index (Phi) is 6.29. The number of hydrogen-bond donors (Lipinski definition) is 1. The summed E-state index contributed by atoms with van der Waals surface area (Å²) in [4.78, 5) is 11.1. The molecule has 0 unspecified atom stereocenters. The van der Waals surface area contributed by atoms with E-state index in [0.717, 1.165) is 17.1 Å². The van der Waals surface area contributed by atoms with Crippen LogP contribution in [0, 0.1) is 6.92 Å². The van der Waals surface area contributed by atoms with Gasteiger partial charge in [0, 0.05) is 6.54 Å². The van der Waals surface area contributed by atoms with E-state index in [1.54, 1.807) is 0 Å². The minimum absolute atomic E-state index is 0.202. The molecule has 0 aliphatic rings. The van der Waals surface area contributed by atoms with Crippen molar-refractivity contribution in [3.63, 3.8) is 0 Å². The van der Waals surface area contributed by atoms with E-state index in [0.29, 0.717) is 18.9 Å². The molecule has 5 heteroatoms. The molecule has 0 spiro atoms. The van der Waals surface area contributed by atoms with Crippen LogP contribution in [0.1, 0.15) is 12.5 Å². The zero-order valence-corrected chi connectivity index (χ0v) is 13.4. The van der Waals surface area contributed by atoms with E-state index in [2.05, 4.69) is 5.32 Å². The van der Waals surface area contributed by atoms with Crippen LogP contribution >= 0.6 is 0 Å². The third-order valence-electron chi connectivity index (χ3n) is 3.02. The highest BCUT2D eigenvalue weighted by atomic mass is 16.6. The second-order valence-corrected chi connectivity index (χ2v) is 4.86. The van der Waals surface area contributed by atoms with Crippen molar-refractivity contribution in [2.24, 2.45) is 0 Å². The Labute approximate surface area is 136 Å². The van der Waals surface area contributed by atoms with Gasteiger partial charge in [-0.25, -0.2) is 4.79 Å². The van der Waals surface area contributed by atoms with E-state index in [4.69, 9.17) is 14.2 Å². The van der Waals surface area contributed by atoms with E-state index in [1.807, 2.05) is 62.4 Å². The smallest absolute Gasteiger partial charge is 0.407 e. The number of amides is 1. The van der Waals surface area contributed by atoms with Crippen molar-refractivity contribution in [2.75, 3.05) is 19.8 Å². The molecule has 0 bridgehead atoms. The van der Waals surface area contributed by atoms with Crippen molar-refractivity contribution in [1.82, 2.24) is 5.32 Å². The lowest BCUT2D eigenvalue weighted by Gasteiger charge is -2.11. The summed E-state index contributed by atoms with van der Waals surface area (Å²) in [5.41, 5.74) is 0.969. The van der Waals surface area contributed by atoms with Gasteiger partial charge >= 0.3 is 6.09 Å². The van der Waals surface area contributed by atoms with Gasteiger partial charge in [0.15, 0.2) is 0 Å². The van der Waals surface area contributed by atoms with Crippen molar-refractivity contribution in [3.05, 3.63) is 54.1 Å². The number of aryl methyl sites for hydroxylation is 1. The number of alkyl carbamates (subject to hydrolysis) is 1. The highest BCUT2D eigenvalue weighted by Gasteiger charge is 2.04. The number of carbonyl (C=O) groups excluding carboxylic acids is 1. The largest absolute Gasteiger partial charge is 0.490 e.